The Labute approximate surface area is 300 Å². The van der Waals surface area contributed by atoms with Gasteiger partial charge in [-0.2, -0.15) is 0 Å². The van der Waals surface area contributed by atoms with E-state index < -0.39 is 17.7 Å². The molecule has 1 saturated carbocycles. The third-order valence-electron chi connectivity index (χ3n) is 10.4. The van der Waals surface area contributed by atoms with Gasteiger partial charge >= 0.3 is 6.03 Å². The molecule has 0 saturated heterocycles. The van der Waals surface area contributed by atoms with Crippen LogP contribution < -0.4 is 10.1 Å². The van der Waals surface area contributed by atoms with Gasteiger partial charge in [0.2, 0.25) is 5.79 Å². The van der Waals surface area contributed by atoms with Gasteiger partial charge in [0.05, 0.1) is 31.5 Å². The molecule has 2 aromatic rings. The minimum absolute atomic E-state index is 0.00216. The van der Waals surface area contributed by atoms with Crippen molar-refractivity contribution in [3.05, 3.63) is 71.3 Å². The maximum absolute atomic E-state index is 13.9. The van der Waals surface area contributed by atoms with Gasteiger partial charge in [0, 0.05) is 44.2 Å². The second kappa shape index (κ2) is 18.7. The number of fused-ring (bicyclic) bond motifs is 2. The number of carbonyl (C=O) groups excluding carboxylic acids is 1. The number of aromatic hydroxyl groups is 1. The van der Waals surface area contributed by atoms with Crippen molar-refractivity contribution in [2.75, 3.05) is 46.1 Å². The van der Waals surface area contributed by atoms with Gasteiger partial charge in [-0.15, -0.1) is 0 Å². The molecule has 0 bridgehead atoms. The lowest BCUT2D eigenvalue weighted by atomic mass is 9.55. The van der Waals surface area contributed by atoms with Gasteiger partial charge in [0.15, 0.2) is 0 Å². The van der Waals surface area contributed by atoms with Crippen molar-refractivity contribution in [3.8, 4) is 11.5 Å². The Hall–Kier alpha value is -3.68. The Morgan fingerprint density at radius 3 is 2.51 bits per heavy atom. The minimum Gasteiger partial charge on any atom is -0.508 e. The molecule has 2 aromatic carbocycles. The van der Waals surface area contributed by atoms with E-state index in [9.17, 15) is 25.2 Å². The highest BCUT2D eigenvalue weighted by molar-refractivity contribution is 6.03. The van der Waals surface area contributed by atoms with Crippen LogP contribution in [-0.4, -0.2) is 100 Å². The van der Waals surface area contributed by atoms with Crippen LogP contribution in [0.2, 0.25) is 0 Å². The number of rotatable bonds is 19. The van der Waals surface area contributed by atoms with Crippen LogP contribution in [0.5, 0.6) is 11.5 Å². The number of unbranched alkanes of at least 4 members (excludes halogenated alkanes) is 2. The molecule has 1 aliphatic heterocycles. The normalized spacial score (nSPS) is 25.7. The zero-order chi connectivity index (χ0) is 36.2. The predicted octanol–water partition coefficient (Wildman–Crippen LogP) is 4.45. The number of allylic oxidation sites excluding steroid dienone is 1. The Balaban J connectivity index is 1.62. The predicted molar refractivity (Wildman–Crippen MR) is 192 cm³/mol. The maximum Gasteiger partial charge on any atom is 0.317 e. The van der Waals surface area contributed by atoms with Gasteiger partial charge in [0.25, 0.3) is 0 Å². The number of ether oxygens (including phenoxy) is 2. The molecule has 1 fully saturated rings. The van der Waals surface area contributed by atoms with Gasteiger partial charge < -0.3 is 50.1 Å². The molecule has 2 amide bonds. The van der Waals surface area contributed by atoms with E-state index in [1.807, 2.05) is 37.3 Å². The number of nitrogens with zero attached hydrogens (tertiary/aromatic N) is 2. The molecule has 0 spiro atoms. The molecule has 0 aromatic heterocycles. The molecule has 51 heavy (non-hydrogen) atoms. The summed E-state index contributed by atoms with van der Waals surface area (Å²) in [6.07, 6.45) is 7.42. The molecule has 6 N–H and O–H groups in total. The fourth-order valence-electron chi connectivity index (χ4n) is 8.18. The van der Waals surface area contributed by atoms with Crippen molar-refractivity contribution in [1.82, 2.24) is 10.2 Å². The van der Waals surface area contributed by atoms with Gasteiger partial charge in [-0.3, -0.25) is 0 Å². The number of hydrogen-bond donors (Lipinski definition) is 6. The van der Waals surface area contributed by atoms with E-state index in [2.05, 4.69) is 11.4 Å². The molecular weight excluding hydrogens is 654 g/mol. The number of phenolic OH excluding ortho intramolecular Hbond substituents is 1. The second-order valence-corrected chi connectivity index (χ2v) is 13.7. The van der Waals surface area contributed by atoms with Gasteiger partial charge in [-0.25, -0.2) is 4.79 Å². The van der Waals surface area contributed by atoms with E-state index in [-0.39, 0.29) is 82.1 Å². The summed E-state index contributed by atoms with van der Waals surface area (Å²) in [5.74, 6) is -2.23. The molecule has 3 aliphatic rings. The first-order valence-corrected chi connectivity index (χ1v) is 18.5. The number of oxime groups is 1. The van der Waals surface area contributed by atoms with E-state index >= 15 is 0 Å². The van der Waals surface area contributed by atoms with E-state index in [0.29, 0.717) is 37.3 Å². The average Bonchev–Trinajstić information content (AvgIpc) is 3.13. The number of carbonyl (C=O) groups is 1. The highest BCUT2D eigenvalue weighted by Crippen LogP contribution is 2.60. The van der Waals surface area contributed by atoms with E-state index in [0.717, 1.165) is 42.4 Å². The van der Waals surface area contributed by atoms with Crippen LogP contribution in [0.1, 0.15) is 75.3 Å². The number of hydrogen-bond acceptors (Lipinski definition) is 10. The monoisotopic (exact) mass is 709 g/mol. The molecule has 12 nitrogen and oxygen atoms in total. The van der Waals surface area contributed by atoms with E-state index in [1.54, 1.807) is 23.1 Å². The zero-order valence-corrected chi connectivity index (χ0v) is 29.7. The van der Waals surface area contributed by atoms with E-state index in [1.165, 1.54) is 0 Å². The third kappa shape index (κ3) is 9.04. The van der Waals surface area contributed by atoms with Crippen molar-refractivity contribution < 1.29 is 44.6 Å². The summed E-state index contributed by atoms with van der Waals surface area (Å²) in [5.41, 5.74) is 3.17. The fourth-order valence-corrected chi connectivity index (χ4v) is 8.18. The van der Waals surface area contributed by atoms with Crippen molar-refractivity contribution in [1.29, 1.82) is 0 Å². The number of benzene rings is 2. The summed E-state index contributed by atoms with van der Waals surface area (Å²) >= 11 is 0. The van der Waals surface area contributed by atoms with Crippen LogP contribution in [0.25, 0.3) is 0 Å². The number of amides is 2. The largest absolute Gasteiger partial charge is 0.508 e. The van der Waals surface area contributed by atoms with Crippen LogP contribution in [-0.2, 0) is 16.2 Å². The number of aliphatic hydroxyl groups excluding tert-OH is 3. The molecule has 12 heteroatoms. The maximum atomic E-state index is 13.9. The summed E-state index contributed by atoms with van der Waals surface area (Å²) in [5, 5.41) is 59.9. The highest BCUT2D eigenvalue weighted by Gasteiger charge is 2.64. The second-order valence-electron chi connectivity index (χ2n) is 13.7. The zero-order valence-electron chi connectivity index (χ0n) is 29.7. The number of aliphatic hydroxyl groups is 4. The molecule has 1 heterocycles. The Bertz CT molecular complexity index is 1470. The van der Waals surface area contributed by atoms with Gasteiger partial charge in [-0.05, 0) is 73.3 Å². The summed E-state index contributed by atoms with van der Waals surface area (Å²) in [7, 11) is 0. The smallest absolute Gasteiger partial charge is 0.317 e. The lowest BCUT2D eigenvalue weighted by Crippen LogP contribution is -2.69. The van der Waals surface area contributed by atoms with Crippen LogP contribution >= 0.6 is 0 Å². The average molecular weight is 710 g/mol. The highest BCUT2D eigenvalue weighted by atomic mass is 16.6. The molecule has 0 radical (unpaired) electrons. The molecule has 6 atom stereocenters. The Kier molecular flexibility index (Phi) is 14.1. The lowest BCUT2D eigenvalue weighted by molar-refractivity contribution is -0.228. The SMILES string of the molecule is CCCN(C(=O)NCCOCCO)[C@H]1CC(=NOCc2ccccc2)C2=C[C@H](CCCCO)[C@@H](CCCCO)[C@@H]3c4cc(O)ccc4O[C@@]1(O)[C@H]23. The molecule has 280 valence electrons. The third-order valence-corrected chi connectivity index (χ3v) is 10.4. The number of nitrogens with one attached hydrogen (secondary N) is 1. The lowest BCUT2D eigenvalue weighted by Gasteiger charge is -2.58. The Morgan fingerprint density at radius 2 is 1.78 bits per heavy atom. The number of urea groups is 1. The molecule has 2 aliphatic carbocycles. The Morgan fingerprint density at radius 1 is 1.02 bits per heavy atom. The van der Waals surface area contributed by atoms with Gasteiger partial charge in [0.1, 0.15) is 24.1 Å². The van der Waals surface area contributed by atoms with Gasteiger partial charge in [-0.1, -0.05) is 61.3 Å². The van der Waals surface area contributed by atoms with Crippen LogP contribution in [0.3, 0.4) is 0 Å². The summed E-state index contributed by atoms with van der Waals surface area (Å²) < 4.78 is 12.0. The molecular formula is C39H55N3O9. The van der Waals surface area contributed by atoms with Crippen molar-refractivity contribution in [3.63, 3.8) is 0 Å². The quantitative estimate of drug-likeness (QED) is 0.0911. The van der Waals surface area contributed by atoms with Crippen LogP contribution in [0, 0.1) is 17.8 Å². The summed E-state index contributed by atoms with van der Waals surface area (Å²) in [6.45, 7) is 3.21. The van der Waals surface area contributed by atoms with Crippen LogP contribution in [0.4, 0.5) is 4.79 Å². The summed E-state index contributed by atoms with van der Waals surface area (Å²) in [4.78, 5) is 21.6. The first-order valence-electron chi connectivity index (χ1n) is 18.5. The first kappa shape index (κ1) is 38.5. The van der Waals surface area contributed by atoms with Crippen molar-refractivity contribution in [2.24, 2.45) is 22.9 Å². The van der Waals surface area contributed by atoms with E-state index in [4.69, 9.17) is 24.6 Å². The molecule has 0 unspecified atom stereocenters. The van der Waals surface area contributed by atoms with Crippen molar-refractivity contribution in [2.45, 2.75) is 82.6 Å². The fraction of sp³-hybridized carbons (Fsp3) is 0.590. The van der Waals surface area contributed by atoms with Crippen LogP contribution in [0.15, 0.2) is 65.3 Å². The minimum atomic E-state index is -1.86. The first-order chi connectivity index (χ1) is 24.9. The number of phenols is 1. The topological polar surface area (TPSA) is 174 Å². The van der Waals surface area contributed by atoms with Crippen molar-refractivity contribution >= 4 is 11.7 Å². The summed E-state index contributed by atoms with van der Waals surface area (Å²) in [6, 6.07) is 13.5. The standard InChI is InChI=1S/C39H55N3O9/c1-2-17-42(38(47)40-16-21-49-22-20-45)35-25-33(41-50-26-27-10-4-3-5-11-27)31-23-28(12-6-8-18-43)30(13-7-9-19-44)36-32-24-29(46)14-15-34(32)51-39(35,48)37(31)36/h3-5,10-11,14-15,23-24,28,30,35-37,43-46,48H,2,6-9,12-13,16-22,25-26H2,1H3,(H,40,47)/t28-,30+,35-,36+,37+,39+/m0/s1. The molecule has 5 rings (SSSR count).